The number of imide groups is 1. The lowest BCUT2D eigenvalue weighted by Crippen LogP contribution is -2.37. The number of anilines is 2. The summed E-state index contributed by atoms with van der Waals surface area (Å²) < 4.78 is 0. The topological polar surface area (TPSA) is 66.5 Å². The molecule has 2 aliphatic carbocycles. The van der Waals surface area contributed by atoms with Gasteiger partial charge in [0.2, 0.25) is 11.8 Å². The number of rotatable bonds is 3. The average molecular weight is 567 g/mol. The van der Waals surface area contributed by atoms with Gasteiger partial charge in [-0.25, -0.2) is 4.90 Å². The van der Waals surface area contributed by atoms with Crippen molar-refractivity contribution in [3.05, 3.63) is 58.6 Å². The molecule has 160 valence electrons. The Morgan fingerprint density at radius 1 is 1.03 bits per heavy atom. The van der Waals surface area contributed by atoms with E-state index in [1.54, 1.807) is 36.4 Å². The Hall–Kier alpha value is -1.70. The summed E-state index contributed by atoms with van der Waals surface area (Å²) in [7, 11) is 0. The molecule has 1 aliphatic heterocycles. The molecule has 6 atom stereocenters. The lowest BCUT2D eigenvalue weighted by molar-refractivity contribution is -0.123. The minimum absolute atomic E-state index is 0.121. The van der Waals surface area contributed by atoms with E-state index in [0.29, 0.717) is 16.4 Å². The molecule has 2 aromatic carbocycles. The average Bonchev–Trinajstić information content (AvgIpc) is 3.35. The molecular weight excluding hydrogens is 548 g/mol. The fourth-order valence-corrected chi connectivity index (χ4v) is 7.41. The summed E-state index contributed by atoms with van der Waals surface area (Å²) in [4.78, 5) is 41.5. The Labute approximate surface area is 201 Å². The van der Waals surface area contributed by atoms with E-state index in [0.717, 1.165) is 12.0 Å². The first-order chi connectivity index (χ1) is 14.8. The van der Waals surface area contributed by atoms with Gasteiger partial charge >= 0.3 is 0 Å². The van der Waals surface area contributed by atoms with Crippen LogP contribution in [0.25, 0.3) is 0 Å². The normalized spacial score (nSPS) is 31.3. The van der Waals surface area contributed by atoms with Crippen molar-refractivity contribution < 1.29 is 14.4 Å². The van der Waals surface area contributed by atoms with E-state index < -0.39 is 5.91 Å². The van der Waals surface area contributed by atoms with E-state index in [1.807, 2.05) is 13.0 Å². The zero-order chi connectivity index (χ0) is 22.0. The highest BCUT2D eigenvalue weighted by Gasteiger charge is 2.66. The lowest BCUT2D eigenvalue weighted by atomic mass is 9.81. The summed E-state index contributed by atoms with van der Waals surface area (Å²) in [5.74, 6) is -1.22. The Balaban J connectivity index is 1.49. The van der Waals surface area contributed by atoms with Gasteiger partial charge in [0, 0.05) is 20.4 Å². The standard InChI is InChI=1S/C23H19Br2ClN2O3/c1-10-6-7-11(26)8-15(10)27-21(29)12-4-2-3-5-16(12)28-22(30)17-13-9-14(18(17)23(28)31)20(25)19(13)24/h2-8,13-14,17-20H,9H2,1H3,(H,27,29)/t13-,14-,17-,18-,19-,20+/m1/s1. The molecule has 3 amide bonds. The van der Waals surface area contributed by atoms with Crippen LogP contribution < -0.4 is 10.2 Å². The van der Waals surface area contributed by atoms with Gasteiger partial charge in [-0.15, -0.1) is 0 Å². The second-order valence-electron chi connectivity index (χ2n) is 8.45. The molecular formula is C23H19Br2ClN2O3. The third-order valence-corrected chi connectivity index (χ3v) is 10.3. The van der Waals surface area contributed by atoms with Crippen molar-refractivity contribution in [2.24, 2.45) is 23.7 Å². The maximum absolute atomic E-state index is 13.4. The second-order valence-corrected chi connectivity index (χ2v) is 11.0. The van der Waals surface area contributed by atoms with Crippen LogP contribution in [0, 0.1) is 30.6 Å². The van der Waals surface area contributed by atoms with Gasteiger partial charge in [0.1, 0.15) is 0 Å². The summed E-state index contributed by atoms with van der Waals surface area (Å²) in [5, 5.41) is 3.38. The first kappa shape index (κ1) is 21.2. The monoisotopic (exact) mass is 564 g/mol. The maximum atomic E-state index is 13.4. The zero-order valence-corrected chi connectivity index (χ0v) is 20.4. The number of carbonyl (C=O) groups excluding carboxylic acids is 3. The molecule has 1 heterocycles. The Kier molecular flexibility index (Phi) is 5.26. The predicted octanol–water partition coefficient (Wildman–Crippen LogP) is 5.18. The van der Waals surface area contributed by atoms with E-state index in [9.17, 15) is 14.4 Å². The van der Waals surface area contributed by atoms with Gasteiger partial charge in [-0.05, 0) is 55.0 Å². The van der Waals surface area contributed by atoms with Crippen molar-refractivity contribution in [2.75, 3.05) is 10.2 Å². The lowest BCUT2D eigenvalue weighted by Gasteiger charge is -2.28. The molecule has 0 aromatic heterocycles. The van der Waals surface area contributed by atoms with Crippen molar-refractivity contribution in [1.82, 2.24) is 0 Å². The molecule has 2 saturated carbocycles. The van der Waals surface area contributed by atoms with Gasteiger partial charge in [0.25, 0.3) is 5.91 Å². The van der Waals surface area contributed by atoms with Crippen molar-refractivity contribution in [2.45, 2.75) is 23.0 Å². The van der Waals surface area contributed by atoms with Gasteiger partial charge in [-0.1, -0.05) is 61.7 Å². The number of halogens is 3. The van der Waals surface area contributed by atoms with Gasteiger partial charge in [-0.3, -0.25) is 14.4 Å². The highest BCUT2D eigenvalue weighted by molar-refractivity contribution is 9.12. The third kappa shape index (κ3) is 3.19. The van der Waals surface area contributed by atoms with E-state index in [4.69, 9.17) is 11.6 Å². The number of alkyl halides is 2. The molecule has 1 saturated heterocycles. The molecule has 5 rings (SSSR count). The van der Waals surface area contributed by atoms with Crippen molar-refractivity contribution in [3.63, 3.8) is 0 Å². The van der Waals surface area contributed by atoms with E-state index in [-0.39, 0.29) is 50.7 Å². The van der Waals surface area contributed by atoms with Crippen molar-refractivity contribution >= 4 is 72.6 Å². The molecule has 0 unspecified atom stereocenters. The first-order valence-corrected chi connectivity index (χ1v) is 12.3. The molecule has 8 heteroatoms. The molecule has 3 fully saturated rings. The fourth-order valence-electron chi connectivity index (χ4n) is 5.37. The zero-order valence-electron chi connectivity index (χ0n) is 16.5. The smallest absolute Gasteiger partial charge is 0.257 e. The number of carbonyl (C=O) groups is 3. The molecule has 5 nitrogen and oxygen atoms in total. The van der Waals surface area contributed by atoms with E-state index in [1.165, 1.54) is 4.90 Å². The minimum Gasteiger partial charge on any atom is -0.322 e. The van der Waals surface area contributed by atoms with Gasteiger partial charge in [0.05, 0.1) is 23.1 Å². The van der Waals surface area contributed by atoms with Crippen LogP contribution >= 0.6 is 43.5 Å². The Morgan fingerprint density at radius 3 is 2.29 bits per heavy atom. The summed E-state index contributed by atoms with van der Waals surface area (Å²) >= 11 is 13.5. The van der Waals surface area contributed by atoms with Crippen molar-refractivity contribution in [3.8, 4) is 0 Å². The van der Waals surface area contributed by atoms with Crippen molar-refractivity contribution in [1.29, 1.82) is 0 Å². The quantitative estimate of drug-likeness (QED) is 0.411. The fraction of sp³-hybridized carbons (Fsp3) is 0.348. The number of fused-ring (bicyclic) bond motifs is 5. The molecule has 2 bridgehead atoms. The van der Waals surface area contributed by atoms with E-state index in [2.05, 4.69) is 37.2 Å². The molecule has 31 heavy (non-hydrogen) atoms. The third-order valence-electron chi connectivity index (χ3n) is 6.82. The summed E-state index contributed by atoms with van der Waals surface area (Å²) in [6, 6.07) is 12.0. The number of nitrogens with zero attached hydrogens (tertiary/aromatic N) is 1. The number of hydrogen-bond donors (Lipinski definition) is 1. The SMILES string of the molecule is Cc1ccc(Cl)cc1NC(=O)c1ccccc1N1C(=O)[C@@H]2[C@H]3C[C@@H]([C@@H](Br)[C@H]3Br)[C@H]2C1=O. The van der Waals surface area contributed by atoms with Crippen LogP contribution in [0.1, 0.15) is 22.3 Å². The van der Waals surface area contributed by atoms with Crippen LogP contribution in [-0.4, -0.2) is 27.4 Å². The first-order valence-electron chi connectivity index (χ1n) is 10.1. The highest BCUT2D eigenvalue weighted by atomic mass is 79.9. The van der Waals surface area contributed by atoms with Gasteiger partial charge in [0.15, 0.2) is 0 Å². The molecule has 2 aromatic rings. The van der Waals surface area contributed by atoms with Crippen LogP contribution in [0.3, 0.4) is 0 Å². The minimum atomic E-state index is -0.390. The van der Waals surface area contributed by atoms with Gasteiger partial charge < -0.3 is 5.32 Å². The number of nitrogens with one attached hydrogen (secondary N) is 1. The highest BCUT2D eigenvalue weighted by Crippen LogP contribution is 2.60. The number of para-hydroxylation sites is 1. The number of benzene rings is 2. The summed E-state index contributed by atoms with van der Waals surface area (Å²) in [6.07, 6.45) is 0.864. The summed E-state index contributed by atoms with van der Waals surface area (Å²) in [5.41, 5.74) is 2.06. The molecule has 0 radical (unpaired) electrons. The van der Waals surface area contributed by atoms with Crippen LogP contribution in [0.15, 0.2) is 42.5 Å². The van der Waals surface area contributed by atoms with E-state index >= 15 is 0 Å². The van der Waals surface area contributed by atoms with Crippen LogP contribution in [0.4, 0.5) is 11.4 Å². The molecule has 3 aliphatic rings. The van der Waals surface area contributed by atoms with Crippen LogP contribution in [-0.2, 0) is 9.59 Å². The Bertz CT molecular complexity index is 1090. The Morgan fingerprint density at radius 2 is 1.65 bits per heavy atom. The van der Waals surface area contributed by atoms with Crippen LogP contribution in [0.2, 0.25) is 5.02 Å². The van der Waals surface area contributed by atoms with Gasteiger partial charge in [-0.2, -0.15) is 0 Å². The molecule has 1 N–H and O–H groups in total. The number of aryl methyl sites for hydroxylation is 1. The maximum Gasteiger partial charge on any atom is 0.257 e. The second kappa shape index (κ2) is 7.71. The largest absolute Gasteiger partial charge is 0.322 e. The number of amides is 3. The predicted molar refractivity (Wildman–Crippen MR) is 127 cm³/mol. The molecule has 0 spiro atoms. The number of hydrogen-bond acceptors (Lipinski definition) is 3. The van der Waals surface area contributed by atoms with Crippen LogP contribution in [0.5, 0.6) is 0 Å². The summed E-state index contributed by atoms with van der Waals surface area (Å²) in [6.45, 7) is 1.87.